The number of aliphatic hydroxyl groups excluding tert-OH is 1. The van der Waals surface area contributed by atoms with Crippen molar-refractivity contribution in [2.45, 2.75) is 6.29 Å². The lowest BCUT2D eigenvalue weighted by atomic mass is 10.3. The average molecular weight is 151 g/mol. The lowest BCUT2D eigenvalue weighted by molar-refractivity contribution is 0.0397. The number of rotatable bonds is 3. The monoisotopic (exact) mass is 151 g/mol. The van der Waals surface area contributed by atoms with E-state index in [1.165, 1.54) is 6.29 Å². The van der Waals surface area contributed by atoms with Gasteiger partial charge >= 0.3 is 0 Å². The Hall–Kier alpha value is -1.35. The first-order valence-corrected chi connectivity index (χ1v) is 3.10. The Bertz CT molecular complexity index is 220. The molecular weight excluding hydrogens is 144 g/mol. The zero-order valence-corrected chi connectivity index (χ0v) is 5.73. The van der Waals surface area contributed by atoms with Crippen LogP contribution in [0.15, 0.2) is 30.3 Å². The number of para-hydroxylation sites is 1. The van der Waals surface area contributed by atoms with Crippen molar-refractivity contribution in [3.05, 3.63) is 30.3 Å². The molecule has 0 aromatic heterocycles. The Labute approximate surface area is 64.2 Å². The lowest BCUT2D eigenvalue weighted by Crippen LogP contribution is -2.16. The maximum atomic E-state index is 9.81. The third-order valence-electron chi connectivity index (χ3n) is 1.09. The molecule has 1 rings (SSSR count). The van der Waals surface area contributed by atoms with Crippen molar-refractivity contribution in [2.75, 3.05) is 0 Å². The van der Waals surface area contributed by atoms with E-state index in [0.717, 1.165) is 0 Å². The Morgan fingerprint density at radius 3 is 2.55 bits per heavy atom. The summed E-state index contributed by atoms with van der Waals surface area (Å²) in [5, 5.41) is 8.67. The van der Waals surface area contributed by atoms with Gasteiger partial charge in [0, 0.05) is 0 Å². The Kier molecular flexibility index (Phi) is 2.63. The van der Waals surface area contributed by atoms with Crippen LogP contribution in [0.4, 0.5) is 0 Å². The van der Waals surface area contributed by atoms with Crippen LogP contribution in [0, 0.1) is 0 Å². The van der Waals surface area contributed by atoms with E-state index >= 15 is 0 Å². The molecule has 1 unspecified atom stereocenters. The summed E-state index contributed by atoms with van der Waals surface area (Å²) in [5.41, 5.74) is 0. The summed E-state index contributed by atoms with van der Waals surface area (Å²) >= 11 is 0. The van der Waals surface area contributed by atoms with Crippen molar-refractivity contribution < 1.29 is 14.6 Å². The molecule has 0 aliphatic rings. The average Bonchev–Trinajstić information content (AvgIpc) is 2.06. The van der Waals surface area contributed by atoms with Gasteiger partial charge in [0.05, 0.1) is 0 Å². The van der Waals surface area contributed by atoms with E-state index in [9.17, 15) is 4.79 Å². The number of benzene rings is 1. The van der Waals surface area contributed by atoms with Crippen LogP contribution < -0.4 is 4.74 Å². The number of hydrogen-bond acceptors (Lipinski definition) is 3. The Balaban J connectivity index is 2.57. The van der Waals surface area contributed by atoms with Crippen LogP contribution in [0.1, 0.15) is 0 Å². The van der Waals surface area contributed by atoms with Gasteiger partial charge in [-0.25, -0.2) is 0 Å². The molecule has 0 saturated carbocycles. The molecule has 0 spiro atoms. The summed E-state index contributed by atoms with van der Waals surface area (Å²) in [7, 11) is 0. The molecule has 1 aromatic rings. The van der Waals surface area contributed by atoms with Crippen LogP contribution in [-0.4, -0.2) is 17.7 Å². The summed E-state index contributed by atoms with van der Waals surface area (Å²) in [6, 6.07) is 8.57. The minimum Gasteiger partial charge on any atom is -0.457 e. The second-order valence-corrected chi connectivity index (χ2v) is 1.90. The van der Waals surface area contributed by atoms with Crippen molar-refractivity contribution in [3.63, 3.8) is 0 Å². The van der Waals surface area contributed by atoms with Gasteiger partial charge in [-0.3, -0.25) is 4.79 Å². The fourth-order valence-electron chi connectivity index (χ4n) is 0.652. The number of aliphatic hydroxyl groups is 1. The second-order valence-electron chi connectivity index (χ2n) is 1.90. The molecule has 1 radical (unpaired) electrons. The molecule has 0 heterocycles. The minimum absolute atomic E-state index is 0.448. The Morgan fingerprint density at radius 2 is 2.00 bits per heavy atom. The van der Waals surface area contributed by atoms with Crippen LogP contribution in [0.5, 0.6) is 5.75 Å². The Morgan fingerprint density at radius 1 is 1.36 bits per heavy atom. The molecule has 1 atom stereocenters. The van der Waals surface area contributed by atoms with Gasteiger partial charge in [0.25, 0.3) is 12.6 Å². The molecule has 1 N–H and O–H groups in total. The van der Waals surface area contributed by atoms with Gasteiger partial charge in [-0.05, 0) is 12.1 Å². The fraction of sp³-hybridized carbons (Fsp3) is 0.125. The highest BCUT2D eigenvalue weighted by Gasteiger charge is 2.02. The number of carbonyl (C=O) groups excluding carboxylic acids is 1. The standard InChI is InChI=1S/C8H7O3/c9-6-8(10)11-7-4-2-1-3-5-7/h1-5,8,10H. The maximum absolute atomic E-state index is 9.81. The first-order valence-electron chi connectivity index (χ1n) is 3.10. The summed E-state index contributed by atoms with van der Waals surface area (Å²) in [5.74, 6) is 0.448. The normalized spacial score (nSPS) is 12.1. The van der Waals surface area contributed by atoms with Gasteiger partial charge in [-0.2, -0.15) is 0 Å². The first kappa shape index (κ1) is 7.75. The summed E-state index contributed by atoms with van der Waals surface area (Å²) in [4.78, 5) is 9.81. The highest BCUT2D eigenvalue weighted by Crippen LogP contribution is 2.08. The van der Waals surface area contributed by atoms with Crippen molar-refractivity contribution >= 4 is 6.29 Å². The summed E-state index contributed by atoms with van der Waals surface area (Å²) < 4.78 is 4.70. The van der Waals surface area contributed by atoms with Crippen LogP contribution >= 0.6 is 0 Å². The molecule has 0 aliphatic heterocycles. The molecule has 11 heavy (non-hydrogen) atoms. The molecular formula is C8H7O3. The lowest BCUT2D eigenvalue weighted by Gasteiger charge is -2.04. The van der Waals surface area contributed by atoms with Gasteiger partial charge < -0.3 is 9.84 Å². The molecule has 3 nitrogen and oxygen atoms in total. The summed E-state index contributed by atoms with van der Waals surface area (Å²) in [6.07, 6.45) is -0.192. The molecule has 3 heteroatoms. The molecule has 1 aromatic carbocycles. The van der Waals surface area contributed by atoms with Gasteiger partial charge in [0.15, 0.2) is 0 Å². The zero-order chi connectivity index (χ0) is 8.10. The molecule has 0 bridgehead atoms. The largest absolute Gasteiger partial charge is 0.457 e. The van der Waals surface area contributed by atoms with Crippen LogP contribution in [0.3, 0.4) is 0 Å². The SMILES string of the molecule is O=[C]C(O)Oc1ccccc1. The maximum Gasteiger partial charge on any atom is 0.272 e. The number of hydrogen-bond donors (Lipinski definition) is 1. The predicted molar refractivity (Wildman–Crippen MR) is 38.8 cm³/mol. The molecule has 0 aliphatic carbocycles. The van der Waals surface area contributed by atoms with E-state index in [1.54, 1.807) is 24.3 Å². The van der Waals surface area contributed by atoms with E-state index in [2.05, 4.69) is 0 Å². The van der Waals surface area contributed by atoms with E-state index in [0.29, 0.717) is 5.75 Å². The number of ether oxygens (including phenoxy) is 1. The zero-order valence-electron chi connectivity index (χ0n) is 5.73. The third kappa shape index (κ3) is 2.39. The van der Waals surface area contributed by atoms with Gasteiger partial charge in [-0.15, -0.1) is 0 Å². The van der Waals surface area contributed by atoms with E-state index in [4.69, 9.17) is 9.84 Å². The van der Waals surface area contributed by atoms with E-state index in [1.807, 2.05) is 6.07 Å². The van der Waals surface area contributed by atoms with Gasteiger partial charge in [-0.1, -0.05) is 18.2 Å². The third-order valence-corrected chi connectivity index (χ3v) is 1.09. The van der Waals surface area contributed by atoms with Crippen LogP contribution in [0.25, 0.3) is 0 Å². The van der Waals surface area contributed by atoms with Crippen LogP contribution in [0.2, 0.25) is 0 Å². The van der Waals surface area contributed by atoms with Gasteiger partial charge in [0.1, 0.15) is 5.75 Å². The molecule has 0 fully saturated rings. The van der Waals surface area contributed by atoms with Crippen molar-refractivity contribution in [3.8, 4) is 5.75 Å². The molecule has 57 valence electrons. The smallest absolute Gasteiger partial charge is 0.272 e. The van der Waals surface area contributed by atoms with E-state index in [-0.39, 0.29) is 0 Å². The minimum atomic E-state index is -1.49. The summed E-state index contributed by atoms with van der Waals surface area (Å²) in [6.45, 7) is 0. The van der Waals surface area contributed by atoms with Gasteiger partial charge in [0.2, 0.25) is 0 Å². The fourth-order valence-corrected chi connectivity index (χ4v) is 0.652. The van der Waals surface area contributed by atoms with Crippen molar-refractivity contribution in [1.29, 1.82) is 0 Å². The van der Waals surface area contributed by atoms with Crippen LogP contribution in [-0.2, 0) is 4.79 Å². The van der Waals surface area contributed by atoms with E-state index < -0.39 is 6.29 Å². The molecule has 0 amide bonds. The van der Waals surface area contributed by atoms with Crippen molar-refractivity contribution in [1.82, 2.24) is 0 Å². The highest BCUT2D eigenvalue weighted by molar-refractivity contribution is 5.55. The van der Waals surface area contributed by atoms with Crippen molar-refractivity contribution in [2.24, 2.45) is 0 Å². The predicted octanol–water partition coefficient (Wildman–Crippen LogP) is 0.494. The second kappa shape index (κ2) is 3.73. The topological polar surface area (TPSA) is 46.5 Å². The first-order chi connectivity index (χ1) is 5.33. The quantitative estimate of drug-likeness (QED) is 0.639. The highest BCUT2D eigenvalue weighted by atomic mass is 16.6. The molecule has 0 saturated heterocycles.